The molecule has 2 aliphatic rings. The summed E-state index contributed by atoms with van der Waals surface area (Å²) in [6.07, 6.45) is 0.907. The van der Waals surface area contributed by atoms with Gasteiger partial charge in [-0.2, -0.15) is 0 Å². The summed E-state index contributed by atoms with van der Waals surface area (Å²) in [4.78, 5) is 37.5. The van der Waals surface area contributed by atoms with Crippen LogP contribution in [-0.2, 0) is 9.53 Å². The molecular weight excluding hydrogens is 310 g/mol. The average Bonchev–Trinajstić information content (AvgIpc) is 2.87. The summed E-state index contributed by atoms with van der Waals surface area (Å²) in [7, 11) is 0. The Labute approximate surface area is 140 Å². The number of imide groups is 1. The van der Waals surface area contributed by atoms with E-state index in [0.29, 0.717) is 50.2 Å². The predicted octanol–water partition coefficient (Wildman–Crippen LogP) is 0.167. The zero-order valence-electron chi connectivity index (χ0n) is 13.4. The van der Waals surface area contributed by atoms with Crippen LogP contribution in [0.25, 0.3) is 0 Å². The molecule has 0 spiro atoms. The molecule has 7 heteroatoms. The lowest BCUT2D eigenvalue weighted by molar-refractivity contribution is -0.134. The fourth-order valence-electron chi connectivity index (χ4n) is 2.90. The molecule has 2 heterocycles. The van der Waals surface area contributed by atoms with E-state index >= 15 is 0 Å². The van der Waals surface area contributed by atoms with Crippen LogP contribution < -0.4 is 10.6 Å². The van der Waals surface area contributed by atoms with Crippen molar-refractivity contribution in [3.05, 3.63) is 35.4 Å². The summed E-state index contributed by atoms with van der Waals surface area (Å²) in [5.41, 5.74) is 0.940. The van der Waals surface area contributed by atoms with Gasteiger partial charge < -0.3 is 15.4 Å². The minimum atomic E-state index is -0.435. The van der Waals surface area contributed by atoms with Crippen LogP contribution in [0.3, 0.4) is 0 Å². The second kappa shape index (κ2) is 7.55. The third-order valence-corrected chi connectivity index (χ3v) is 4.21. The Kier molecular flexibility index (Phi) is 5.22. The third-order valence-electron chi connectivity index (χ3n) is 4.21. The number of nitrogens with one attached hydrogen (secondary N) is 2. The van der Waals surface area contributed by atoms with Gasteiger partial charge in [-0.1, -0.05) is 12.1 Å². The SMILES string of the molecule is O=C(NCCCCN1C(=O)c2ccccc2C1=O)C1CNCCO1. The Hall–Kier alpha value is -2.25. The normalized spacial score (nSPS) is 20.2. The molecule has 1 aromatic rings. The lowest BCUT2D eigenvalue weighted by Gasteiger charge is -2.22. The number of hydrogen-bond donors (Lipinski definition) is 2. The molecule has 1 saturated heterocycles. The van der Waals surface area contributed by atoms with Crippen molar-refractivity contribution >= 4 is 17.7 Å². The van der Waals surface area contributed by atoms with Crippen molar-refractivity contribution in [1.82, 2.24) is 15.5 Å². The molecule has 3 amide bonds. The predicted molar refractivity (Wildman–Crippen MR) is 86.7 cm³/mol. The van der Waals surface area contributed by atoms with E-state index in [9.17, 15) is 14.4 Å². The molecule has 0 aromatic heterocycles. The van der Waals surface area contributed by atoms with Crippen LogP contribution in [0.4, 0.5) is 0 Å². The van der Waals surface area contributed by atoms with Crippen molar-refractivity contribution in [2.75, 3.05) is 32.8 Å². The second-order valence-corrected chi connectivity index (χ2v) is 5.87. The first kappa shape index (κ1) is 16.6. The molecule has 0 aliphatic carbocycles. The van der Waals surface area contributed by atoms with Gasteiger partial charge in [0.15, 0.2) is 0 Å². The number of unbranched alkanes of at least 4 members (excludes halogenated alkanes) is 1. The smallest absolute Gasteiger partial charge is 0.261 e. The van der Waals surface area contributed by atoms with Crippen molar-refractivity contribution < 1.29 is 19.1 Å². The van der Waals surface area contributed by atoms with Crippen molar-refractivity contribution in [3.8, 4) is 0 Å². The number of carbonyl (C=O) groups is 3. The van der Waals surface area contributed by atoms with Gasteiger partial charge in [-0.05, 0) is 25.0 Å². The van der Waals surface area contributed by atoms with Crippen LogP contribution in [0.2, 0.25) is 0 Å². The maximum Gasteiger partial charge on any atom is 0.261 e. The van der Waals surface area contributed by atoms with Crippen molar-refractivity contribution in [2.24, 2.45) is 0 Å². The molecule has 1 fully saturated rings. The molecule has 1 atom stereocenters. The van der Waals surface area contributed by atoms with E-state index < -0.39 is 6.10 Å². The van der Waals surface area contributed by atoms with Gasteiger partial charge in [0, 0.05) is 26.2 Å². The summed E-state index contributed by atoms with van der Waals surface area (Å²) in [6.45, 7) is 2.70. The number of amides is 3. The monoisotopic (exact) mass is 331 g/mol. The summed E-state index contributed by atoms with van der Waals surface area (Å²) in [5, 5.41) is 5.93. The number of hydrogen-bond acceptors (Lipinski definition) is 5. The van der Waals surface area contributed by atoms with Crippen molar-refractivity contribution in [3.63, 3.8) is 0 Å². The van der Waals surface area contributed by atoms with Crippen LogP contribution in [0.1, 0.15) is 33.6 Å². The van der Waals surface area contributed by atoms with Gasteiger partial charge in [0.1, 0.15) is 6.10 Å². The van der Waals surface area contributed by atoms with Crippen molar-refractivity contribution in [2.45, 2.75) is 18.9 Å². The van der Waals surface area contributed by atoms with Crippen LogP contribution >= 0.6 is 0 Å². The minimum Gasteiger partial charge on any atom is -0.366 e. The molecule has 128 valence electrons. The highest BCUT2D eigenvalue weighted by atomic mass is 16.5. The van der Waals surface area contributed by atoms with Gasteiger partial charge >= 0.3 is 0 Å². The Balaban J connectivity index is 1.39. The van der Waals surface area contributed by atoms with E-state index in [4.69, 9.17) is 4.74 Å². The first-order valence-electron chi connectivity index (χ1n) is 8.24. The quantitative estimate of drug-likeness (QED) is 0.573. The number of nitrogens with zero attached hydrogens (tertiary/aromatic N) is 1. The number of fused-ring (bicyclic) bond motifs is 1. The minimum absolute atomic E-state index is 0.122. The molecule has 0 bridgehead atoms. The third kappa shape index (κ3) is 3.47. The Morgan fingerprint density at radius 2 is 1.92 bits per heavy atom. The molecule has 1 unspecified atom stereocenters. The molecule has 2 aliphatic heterocycles. The number of morpholine rings is 1. The molecule has 7 nitrogen and oxygen atoms in total. The molecule has 3 rings (SSSR count). The standard InChI is InChI=1S/C17H21N3O4/c21-15(14-11-18-8-10-24-14)19-7-3-4-9-20-16(22)12-5-1-2-6-13(12)17(20)23/h1-2,5-6,14,18H,3-4,7-11H2,(H,19,21). The molecule has 0 saturated carbocycles. The number of carbonyl (C=O) groups excluding carboxylic acids is 3. The highest BCUT2D eigenvalue weighted by Crippen LogP contribution is 2.22. The van der Waals surface area contributed by atoms with E-state index in [1.807, 2.05) is 0 Å². The lowest BCUT2D eigenvalue weighted by Crippen LogP contribution is -2.48. The molecular formula is C17H21N3O4. The molecule has 2 N–H and O–H groups in total. The maximum atomic E-state index is 12.2. The van der Waals surface area contributed by atoms with Crippen LogP contribution in [-0.4, -0.2) is 61.5 Å². The highest BCUT2D eigenvalue weighted by Gasteiger charge is 2.34. The summed E-state index contributed by atoms with van der Waals surface area (Å²) in [6, 6.07) is 6.86. The van der Waals surface area contributed by atoms with Gasteiger partial charge in [0.25, 0.3) is 11.8 Å². The number of benzene rings is 1. The van der Waals surface area contributed by atoms with Crippen LogP contribution in [0.15, 0.2) is 24.3 Å². The first-order chi connectivity index (χ1) is 11.7. The van der Waals surface area contributed by atoms with Crippen LogP contribution in [0.5, 0.6) is 0 Å². The first-order valence-corrected chi connectivity index (χ1v) is 8.24. The van der Waals surface area contributed by atoms with Crippen LogP contribution in [0, 0.1) is 0 Å². The lowest BCUT2D eigenvalue weighted by atomic mass is 10.1. The second-order valence-electron chi connectivity index (χ2n) is 5.87. The fraction of sp³-hybridized carbons (Fsp3) is 0.471. The zero-order valence-corrected chi connectivity index (χ0v) is 13.4. The zero-order chi connectivity index (χ0) is 16.9. The van der Waals surface area contributed by atoms with E-state index in [1.54, 1.807) is 24.3 Å². The highest BCUT2D eigenvalue weighted by molar-refractivity contribution is 6.21. The summed E-state index contributed by atoms with van der Waals surface area (Å²) in [5.74, 6) is -0.592. The van der Waals surface area contributed by atoms with E-state index in [-0.39, 0.29) is 17.7 Å². The Morgan fingerprint density at radius 3 is 2.54 bits per heavy atom. The summed E-state index contributed by atoms with van der Waals surface area (Å²) < 4.78 is 5.37. The average molecular weight is 331 g/mol. The van der Waals surface area contributed by atoms with Gasteiger partial charge in [-0.3, -0.25) is 19.3 Å². The largest absolute Gasteiger partial charge is 0.366 e. The Morgan fingerprint density at radius 1 is 1.21 bits per heavy atom. The van der Waals surface area contributed by atoms with Gasteiger partial charge in [0.05, 0.1) is 17.7 Å². The van der Waals surface area contributed by atoms with Gasteiger partial charge in [0.2, 0.25) is 5.91 Å². The van der Waals surface area contributed by atoms with Crippen molar-refractivity contribution in [1.29, 1.82) is 0 Å². The number of rotatable bonds is 6. The topological polar surface area (TPSA) is 87.7 Å². The van der Waals surface area contributed by atoms with Gasteiger partial charge in [-0.15, -0.1) is 0 Å². The molecule has 1 aromatic carbocycles. The fourth-order valence-corrected chi connectivity index (χ4v) is 2.90. The number of ether oxygens (including phenoxy) is 1. The van der Waals surface area contributed by atoms with Gasteiger partial charge in [-0.25, -0.2) is 0 Å². The van der Waals surface area contributed by atoms with E-state index in [2.05, 4.69) is 10.6 Å². The van der Waals surface area contributed by atoms with E-state index in [0.717, 1.165) is 6.54 Å². The maximum absolute atomic E-state index is 12.2. The molecule has 0 radical (unpaired) electrons. The Bertz CT molecular complexity index is 605. The summed E-state index contributed by atoms with van der Waals surface area (Å²) >= 11 is 0. The van der Waals surface area contributed by atoms with E-state index in [1.165, 1.54) is 4.90 Å². The molecule has 24 heavy (non-hydrogen) atoms.